The number of ether oxygens (including phenoxy) is 1. The first-order chi connectivity index (χ1) is 7.11. The van der Waals surface area contributed by atoms with Crippen molar-refractivity contribution in [2.45, 2.75) is 19.4 Å². The molecule has 0 aliphatic rings. The topological polar surface area (TPSA) is 90.1 Å². The molecule has 0 bridgehead atoms. The summed E-state index contributed by atoms with van der Waals surface area (Å²) in [6.07, 6.45) is 1.81. The fourth-order valence-electron chi connectivity index (χ4n) is 1.10. The molecule has 0 aliphatic carbocycles. The molecule has 0 spiro atoms. The van der Waals surface area contributed by atoms with E-state index in [4.69, 9.17) is 10.5 Å². The minimum atomic E-state index is -0.363. The Morgan fingerprint density at radius 2 is 2.47 bits per heavy atom. The lowest BCUT2D eigenvalue weighted by Crippen LogP contribution is -2.24. The predicted molar refractivity (Wildman–Crippen MR) is 55.5 cm³/mol. The number of methoxy groups -OCH3 is 1. The molecule has 0 aliphatic heterocycles. The molecular weight excluding hydrogens is 196 g/mol. The maximum atomic E-state index is 10.6. The number of anilines is 1. The van der Waals surface area contributed by atoms with Crippen molar-refractivity contribution in [1.82, 2.24) is 9.97 Å². The van der Waals surface area contributed by atoms with Gasteiger partial charge >= 0.3 is 0 Å². The summed E-state index contributed by atoms with van der Waals surface area (Å²) in [6, 6.07) is 1.54. The minimum Gasteiger partial charge on any atom is -0.481 e. The van der Waals surface area contributed by atoms with E-state index in [1.807, 2.05) is 6.92 Å². The van der Waals surface area contributed by atoms with Crippen LogP contribution in [0.25, 0.3) is 0 Å². The highest BCUT2D eigenvalue weighted by Gasteiger charge is 2.07. The van der Waals surface area contributed by atoms with E-state index in [1.165, 1.54) is 7.11 Å². The number of amides is 1. The van der Waals surface area contributed by atoms with Crippen molar-refractivity contribution in [2.75, 3.05) is 12.4 Å². The Kier molecular flexibility index (Phi) is 3.84. The first-order valence-corrected chi connectivity index (χ1v) is 4.53. The molecule has 82 valence electrons. The molecule has 6 heteroatoms. The van der Waals surface area contributed by atoms with Crippen LogP contribution in [-0.4, -0.2) is 29.0 Å². The molecule has 1 unspecified atom stereocenters. The fourth-order valence-corrected chi connectivity index (χ4v) is 1.10. The SMILES string of the molecule is COc1ccnc(NC(C)CC(N)=O)n1. The summed E-state index contributed by atoms with van der Waals surface area (Å²) in [5.41, 5.74) is 5.06. The lowest BCUT2D eigenvalue weighted by atomic mass is 10.2. The van der Waals surface area contributed by atoms with Crippen LogP contribution in [-0.2, 0) is 4.79 Å². The number of primary amides is 1. The van der Waals surface area contributed by atoms with Gasteiger partial charge in [-0.1, -0.05) is 0 Å². The maximum absolute atomic E-state index is 10.6. The van der Waals surface area contributed by atoms with Gasteiger partial charge in [-0.25, -0.2) is 4.98 Å². The molecule has 0 saturated heterocycles. The molecule has 3 N–H and O–H groups in total. The van der Waals surface area contributed by atoms with Gasteiger partial charge in [-0.3, -0.25) is 4.79 Å². The Labute approximate surface area is 87.9 Å². The van der Waals surface area contributed by atoms with Crippen LogP contribution in [0.2, 0.25) is 0 Å². The van der Waals surface area contributed by atoms with Crippen LogP contribution in [0, 0.1) is 0 Å². The molecular formula is C9H14N4O2. The van der Waals surface area contributed by atoms with Gasteiger partial charge in [0.1, 0.15) is 0 Å². The third kappa shape index (κ3) is 3.80. The lowest BCUT2D eigenvalue weighted by molar-refractivity contribution is -0.118. The van der Waals surface area contributed by atoms with Gasteiger partial charge in [0.2, 0.25) is 17.7 Å². The third-order valence-electron chi connectivity index (χ3n) is 1.72. The van der Waals surface area contributed by atoms with Gasteiger partial charge in [0.05, 0.1) is 7.11 Å². The summed E-state index contributed by atoms with van der Waals surface area (Å²) in [6.45, 7) is 1.83. The van der Waals surface area contributed by atoms with Crippen LogP contribution in [0.3, 0.4) is 0 Å². The number of carbonyl (C=O) groups excluding carboxylic acids is 1. The molecule has 6 nitrogen and oxygen atoms in total. The van der Waals surface area contributed by atoms with Crippen LogP contribution < -0.4 is 15.8 Å². The standard InChI is InChI=1S/C9H14N4O2/c1-6(5-7(10)14)12-9-11-4-3-8(13-9)15-2/h3-4,6H,5H2,1-2H3,(H2,10,14)(H,11,12,13). The van der Waals surface area contributed by atoms with E-state index in [1.54, 1.807) is 12.3 Å². The van der Waals surface area contributed by atoms with E-state index in [0.29, 0.717) is 11.8 Å². The summed E-state index contributed by atoms with van der Waals surface area (Å²) in [5.74, 6) is 0.528. The van der Waals surface area contributed by atoms with E-state index in [9.17, 15) is 4.79 Å². The number of hydrogen-bond donors (Lipinski definition) is 2. The molecule has 15 heavy (non-hydrogen) atoms. The molecule has 1 aromatic heterocycles. The molecule has 1 amide bonds. The summed E-state index contributed by atoms with van der Waals surface area (Å²) >= 11 is 0. The fraction of sp³-hybridized carbons (Fsp3) is 0.444. The van der Waals surface area contributed by atoms with Crippen molar-refractivity contribution in [1.29, 1.82) is 0 Å². The molecule has 0 saturated carbocycles. The van der Waals surface area contributed by atoms with E-state index < -0.39 is 0 Å². The van der Waals surface area contributed by atoms with Crippen molar-refractivity contribution in [2.24, 2.45) is 5.73 Å². The predicted octanol–water partition coefficient (Wildman–Crippen LogP) is 0.161. The molecule has 1 heterocycles. The normalized spacial score (nSPS) is 11.9. The van der Waals surface area contributed by atoms with Crippen LogP contribution in [0.5, 0.6) is 5.88 Å². The van der Waals surface area contributed by atoms with Crippen LogP contribution in [0.1, 0.15) is 13.3 Å². The molecule has 1 aromatic rings. The second-order valence-corrected chi connectivity index (χ2v) is 3.14. The summed E-state index contributed by atoms with van der Waals surface area (Å²) in [5, 5.41) is 2.94. The van der Waals surface area contributed by atoms with Crippen LogP contribution >= 0.6 is 0 Å². The first-order valence-electron chi connectivity index (χ1n) is 4.53. The minimum absolute atomic E-state index is 0.102. The Hall–Kier alpha value is -1.85. The average molecular weight is 210 g/mol. The second kappa shape index (κ2) is 5.14. The lowest BCUT2D eigenvalue weighted by Gasteiger charge is -2.11. The maximum Gasteiger partial charge on any atom is 0.226 e. The summed E-state index contributed by atoms with van der Waals surface area (Å²) in [7, 11) is 1.53. The smallest absolute Gasteiger partial charge is 0.226 e. The number of nitrogens with one attached hydrogen (secondary N) is 1. The Morgan fingerprint density at radius 3 is 3.07 bits per heavy atom. The number of hydrogen-bond acceptors (Lipinski definition) is 5. The molecule has 1 rings (SSSR count). The quantitative estimate of drug-likeness (QED) is 0.722. The molecule has 0 aromatic carbocycles. The molecule has 0 fully saturated rings. The third-order valence-corrected chi connectivity index (χ3v) is 1.72. The highest BCUT2D eigenvalue weighted by Crippen LogP contribution is 2.08. The number of carbonyl (C=O) groups is 1. The van der Waals surface area contributed by atoms with E-state index in [-0.39, 0.29) is 18.4 Å². The van der Waals surface area contributed by atoms with Gasteiger partial charge in [-0.2, -0.15) is 4.98 Å². The monoisotopic (exact) mass is 210 g/mol. The Bertz CT molecular complexity index is 343. The Morgan fingerprint density at radius 1 is 1.73 bits per heavy atom. The summed E-state index contributed by atoms with van der Waals surface area (Å²) in [4.78, 5) is 18.7. The van der Waals surface area contributed by atoms with Gasteiger partial charge in [-0.05, 0) is 6.92 Å². The van der Waals surface area contributed by atoms with Gasteiger partial charge in [0, 0.05) is 24.7 Å². The van der Waals surface area contributed by atoms with Crippen molar-refractivity contribution >= 4 is 11.9 Å². The van der Waals surface area contributed by atoms with Crippen molar-refractivity contribution < 1.29 is 9.53 Å². The largest absolute Gasteiger partial charge is 0.481 e. The number of nitrogens with two attached hydrogens (primary N) is 1. The molecule has 0 radical (unpaired) electrons. The zero-order valence-electron chi connectivity index (χ0n) is 8.73. The van der Waals surface area contributed by atoms with Gasteiger partial charge in [-0.15, -0.1) is 0 Å². The Balaban J connectivity index is 2.59. The van der Waals surface area contributed by atoms with E-state index in [0.717, 1.165) is 0 Å². The summed E-state index contributed by atoms with van der Waals surface area (Å²) < 4.78 is 4.93. The van der Waals surface area contributed by atoms with Crippen molar-refractivity contribution in [3.8, 4) is 5.88 Å². The van der Waals surface area contributed by atoms with Gasteiger partial charge in [0.25, 0.3) is 0 Å². The highest BCUT2D eigenvalue weighted by atomic mass is 16.5. The average Bonchev–Trinajstić information content (AvgIpc) is 2.16. The van der Waals surface area contributed by atoms with E-state index in [2.05, 4.69) is 15.3 Å². The van der Waals surface area contributed by atoms with Gasteiger partial charge < -0.3 is 15.8 Å². The van der Waals surface area contributed by atoms with E-state index >= 15 is 0 Å². The van der Waals surface area contributed by atoms with Crippen molar-refractivity contribution in [3.63, 3.8) is 0 Å². The number of aromatic nitrogens is 2. The highest BCUT2D eigenvalue weighted by molar-refractivity contribution is 5.74. The number of rotatable bonds is 5. The van der Waals surface area contributed by atoms with Gasteiger partial charge in [0.15, 0.2) is 0 Å². The zero-order chi connectivity index (χ0) is 11.3. The second-order valence-electron chi connectivity index (χ2n) is 3.14. The van der Waals surface area contributed by atoms with Crippen LogP contribution in [0.15, 0.2) is 12.3 Å². The zero-order valence-corrected chi connectivity index (χ0v) is 8.73. The number of nitrogens with zero attached hydrogens (tertiary/aromatic N) is 2. The van der Waals surface area contributed by atoms with Crippen LogP contribution in [0.4, 0.5) is 5.95 Å². The first kappa shape index (κ1) is 11.2. The van der Waals surface area contributed by atoms with Crippen molar-refractivity contribution in [3.05, 3.63) is 12.3 Å². The molecule has 1 atom stereocenters.